The second-order valence-electron chi connectivity index (χ2n) is 6.13. The van der Waals surface area contributed by atoms with E-state index in [0.29, 0.717) is 11.3 Å². The van der Waals surface area contributed by atoms with Crippen molar-refractivity contribution < 1.29 is 18.4 Å². The van der Waals surface area contributed by atoms with E-state index < -0.39 is 23.2 Å². The zero-order valence-corrected chi connectivity index (χ0v) is 15.1. The summed E-state index contributed by atoms with van der Waals surface area (Å²) in [6, 6.07) is 16.6. The van der Waals surface area contributed by atoms with Crippen molar-refractivity contribution in [2.45, 2.75) is 13.3 Å². The van der Waals surface area contributed by atoms with Gasteiger partial charge in [-0.3, -0.25) is 9.59 Å². The Morgan fingerprint density at radius 1 is 0.750 bits per heavy atom. The molecule has 3 rings (SSSR count). The van der Waals surface area contributed by atoms with Gasteiger partial charge in [-0.25, -0.2) is 8.78 Å². The zero-order valence-electron chi connectivity index (χ0n) is 15.1. The first-order valence-electron chi connectivity index (χ1n) is 8.73. The Morgan fingerprint density at radius 3 is 1.75 bits per heavy atom. The van der Waals surface area contributed by atoms with Crippen LogP contribution in [0.15, 0.2) is 66.7 Å². The van der Waals surface area contributed by atoms with Gasteiger partial charge in [0.2, 0.25) is 0 Å². The fourth-order valence-corrected chi connectivity index (χ4v) is 2.60. The van der Waals surface area contributed by atoms with E-state index in [-0.39, 0.29) is 11.5 Å². The third-order valence-corrected chi connectivity index (χ3v) is 4.23. The van der Waals surface area contributed by atoms with Crippen molar-refractivity contribution in [1.82, 2.24) is 0 Å². The molecule has 0 heterocycles. The Kier molecular flexibility index (Phi) is 5.79. The summed E-state index contributed by atoms with van der Waals surface area (Å²) in [4.78, 5) is 24.5. The molecule has 0 fully saturated rings. The van der Waals surface area contributed by atoms with Crippen LogP contribution in [-0.4, -0.2) is 11.8 Å². The molecule has 2 N–H and O–H groups in total. The van der Waals surface area contributed by atoms with Gasteiger partial charge >= 0.3 is 0 Å². The first-order chi connectivity index (χ1) is 13.5. The molecule has 0 aliphatic heterocycles. The summed E-state index contributed by atoms with van der Waals surface area (Å²) in [5, 5.41) is 4.98. The predicted octanol–water partition coefficient (Wildman–Crippen LogP) is 5.03. The van der Waals surface area contributed by atoms with Crippen LogP contribution in [0.25, 0.3) is 0 Å². The van der Waals surface area contributed by atoms with Crippen LogP contribution in [0.2, 0.25) is 0 Å². The van der Waals surface area contributed by atoms with Gasteiger partial charge in [0.25, 0.3) is 11.8 Å². The molecule has 3 aromatic carbocycles. The number of hydrogen-bond acceptors (Lipinski definition) is 2. The number of carbonyl (C=O) groups excluding carboxylic acids is 2. The van der Waals surface area contributed by atoms with Gasteiger partial charge in [-0.2, -0.15) is 0 Å². The van der Waals surface area contributed by atoms with E-state index in [0.717, 1.165) is 18.6 Å². The summed E-state index contributed by atoms with van der Waals surface area (Å²) in [5.41, 5.74) is 1.85. The Balaban J connectivity index is 1.68. The molecular formula is C22H18F2N2O2. The van der Waals surface area contributed by atoms with Crippen molar-refractivity contribution in [2.24, 2.45) is 0 Å². The second kappa shape index (κ2) is 8.43. The standard InChI is InChI=1S/C22H18F2N2O2/c1-2-14-6-12-17(13-7-14)25-21(27)15-8-10-16(11-9-15)22(28)26-20-18(23)4-3-5-19(20)24/h3-13H,2H2,1H3,(H,25,27)(H,26,28). The number of aryl methyl sites for hydroxylation is 1. The molecule has 0 saturated heterocycles. The maximum absolute atomic E-state index is 13.6. The summed E-state index contributed by atoms with van der Waals surface area (Å²) < 4.78 is 27.3. The third kappa shape index (κ3) is 4.40. The lowest BCUT2D eigenvalue weighted by Gasteiger charge is -2.09. The van der Waals surface area contributed by atoms with Crippen molar-refractivity contribution >= 4 is 23.2 Å². The highest BCUT2D eigenvalue weighted by Gasteiger charge is 2.14. The highest BCUT2D eigenvalue weighted by molar-refractivity contribution is 6.07. The van der Waals surface area contributed by atoms with Crippen LogP contribution in [0.1, 0.15) is 33.2 Å². The highest BCUT2D eigenvalue weighted by Crippen LogP contribution is 2.19. The van der Waals surface area contributed by atoms with E-state index in [1.807, 2.05) is 31.2 Å². The molecule has 0 unspecified atom stereocenters. The SMILES string of the molecule is CCc1ccc(NC(=O)c2ccc(C(=O)Nc3c(F)cccc3F)cc2)cc1. The van der Waals surface area contributed by atoms with Crippen LogP contribution in [0.4, 0.5) is 20.2 Å². The molecule has 0 aromatic heterocycles. The van der Waals surface area contributed by atoms with E-state index in [9.17, 15) is 18.4 Å². The molecule has 0 aliphatic rings. The lowest BCUT2D eigenvalue weighted by molar-refractivity contribution is 0.101. The molecule has 0 spiro atoms. The number of hydrogen-bond donors (Lipinski definition) is 2. The van der Waals surface area contributed by atoms with Crippen LogP contribution in [0.5, 0.6) is 0 Å². The van der Waals surface area contributed by atoms with Crippen molar-refractivity contribution in [3.63, 3.8) is 0 Å². The zero-order chi connectivity index (χ0) is 20.1. The van der Waals surface area contributed by atoms with Gasteiger partial charge in [-0.1, -0.05) is 25.1 Å². The van der Waals surface area contributed by atoms with E-state index in [4.69, 9.17) is 0 Å². The minimum atomic E-state index is -0.863. The minimum absolute atomic E-state index is 0.173. The van der Waals surface area contributed by atoms with Gasteiger partial charge in [0, 0.05) is 16.8 Å². The van der Waals surface area contributed by atoms with Crippen LogP contribution in [0, 0.1) is 11.6 Å². The molecule has 0 atom stereocenters. The normalized spacial score (nSPS) is 10.4. The molecule has 6 heteroatoms. The Bertz CT molecular complexity index is 980. The number of anilines is 2. The lowest BCUT2D eigenvalue weighted by atomic mass is 10.1. The minimum Gasteiger partial charge on any atom is -0.322 e. The molecule has 28 heavy (non-hydrogen) atoms. The molecule has 4 nitrogen and oxygen atoms in total. The summed E-state index contributed by atoms with van der Waals surface area (Å²) >= 11 is 0. The third-order valence-electron chi connectivity index (χ3n) is 4.23. The van der Waals surface area contributed by atoms with Crippen LogP contribution in [-0.2, 0) is 6.42 Å². The van der Waals surface area contributed by atoms with E-state index in [2.05, 4.69) is 10.6 Å². The molecule has 3 aromatic rings. The van der Waals surface area contributed by atoms with Crippen molar-refractivity contribution in [1.29, 1.82) is 0 Å². The van der Waals surface area contributed by atoms with Crippen LogP contribution in [0.3, 0.4) is 0 Å². The van der Waals surface area contributed by atoms with E-state index in [1.165, 1.54) is 35.9 Å². The van der Waals surface area contributed by atoms with E-state index in [1.54, 1.807) is 0 Å². The summed E-state index contributed by atoms with van der Waals surface area (Å²) in [6.07, 6.45) is 0.911. The number of benzene rings is 3. The molecular weight excluding hydrogens is 362 g/mol. The second-order valence-corrected chi connectivity index (χ2v) is 6.13. The van der Waals surface area contributed by atoms with Gasteiger partial charge in [-0.05, 0) is 60.5 Å². The predicted molar refractivity (Wildman–Crippen MR) is 105 cm³/mol. The maximum Gasteiger partial charge on any atom is 0.255 e. The van der Waals surface area contributed by atoms with Gasteiger partial charge < -0.3 is 10.6 Å². The average molecular weight is 380 g/mol. The number of rotatable bonds is 5. The lowest BCUT2D eigenvalue weighted by Crippen LogP contribution is -2.15. The maximum atomic E-state index is 13.6. The fraction of sp³-hybridized carbons (Fsp3) is 0.0909. The van der Waals surface area contributed by atoms with Gasteiger partial charge in [0.15, 0.2) is 0 Å². The number of para-hydroxylation sites is 1. The monoisotopic (exact) mass is 380 g/mol. The van der Waals surface area contributed by atoms with Crippen LogP contribution >= 0.6 is 0 Å². The molecule has 0 saturated carbocycles. The smallest absolute Gasteiger partial charge is 0.255 e. The molecule has 0 radical (unpaired) electrons. The molecule has 142 valence electrons. The highest BCUT2D eigenvalue weighted by atomic mass is 19.1. The Hall–Kier alpha value is -3.54. The van der Waals surface area contributed by atoms with Gasteiger partial charge in [-0.15, -0.1) is 0 Å². The fourth-order valence-electron chi connectivity index (χ4n) is 2.60. The first kappa shape index (κ1) is 19.2. The number of amides is 2. The quantitative estimate of drug-likeness (QED) is 0.652. The summed E-state index contributed by atoms with van der Waals surface area (Å²) in [5.74, 6) is -2.72. The topological polar surface area (TPSA) is 58.2 Å². The van der Waals surface area contributed by atoms with Gasteiger partial charge in [0.05, 0.1) is 0 Å². The summed E-state index contributed by atoms with van der Waals surface area (Å²) in [7, 11) is 0. The number of carbonyl (C=O) groups is 2. The van der Waals surface area contributed by atoms with Crippen molar-refractivity contribution in [3.05, 3.63) is 95.1 Å². The molecule has 2 amide bonds. The van der Waals surface area contributed by atoms with Gasteiger partial charge in [0.1, 0.15) is 17.3 Å². The summed E-state index contributed by atoms with van der Waals surface area (Å²) in [6.45, 7) is 2.05. The Labute approximate surface area is 161 Å². The number of nitrogens with one attached hydrogen (secondary N) is 2. The molecule has 0 bridgehead atoms. The van der Waals surface area contributed by atoms with Crippen molar-refractivity contribution in [2.75, 3.05) is 10.6 Å². The number of halogens is 2. The largest absolute Gasteiger partial charge is 0.322 e. The first-order valence-corrected chi connectivity index (χ1v) is 8.73. The average Bonchev–Trinajstić information content (AvgIpc) is 2.71. The van der Waals surface area contributed by atoms with Crippen molar-refractivity contribution in [3.8, 4) is 0 Å². The Morgan fingerprint density at radius 2 is 1.25 bits per heavy atom. The van der Waals surface area contributed by atoms with E-state index >= 15 is 0 Å². The molecule has 0 aliphatic carbocycles. The van der Waals surface area contributed by atoms with Crippen LogP contribution < -0.4 is 10.6 Å².